The van der Waals surface area contributed by atoms with E-state index in [0.29, 0.717) is 13.0 Å². The van der Waals surface area contributed by atoms with Crippen molar-refractivity contribution in [1.82, 2.24) is 20.9 Å². The number of amides is 2. The number of guanidine groups is 1. The standard InChI is InChI=1S/C20H39N5O3/c1-6-10-16(24-19(27)28-20(3,4)5)15-23-18(21-7-2)22-12-9-14-25-13-8-11-17(25)26/h16H,6-15H2,1-5H3,(H,24,27)(H2,21,22,23). The number of nitrogens with one attached hydrogen (secondary N) is 3. The fourth-order valence-corrected chi connectivity index (χ4v) is 2.99. The lowest BCUT2D eigenvalue weighted by molar-refractivity contribution is -0.127. The minimum Gasteiger partial charge on any atom is -0.444 e. The van der Waals surface area contributed by atoms with Crippen LogP contribution in [0.2, 0.25) is 0 Å². The maximum absolute atomic E-state index is 12.0. The summed E-state index contributed by atoms with van der Waals surface area (Å²) in [4.78, 5) is 30.2. The van der Waals surface area contributed by atoms with Gasteiger partial charge in [0.1, 0.15) is 5.60 Å². The van der Waals surface area contributed by atoms with Crippen molar-refractivity contribution >= 4 is 18.0 Å². The Morgan fingerprint density at radius 2 is 2.04 bits per heavy atom. The second-order valence-electron chi connectivity index (χ2n) is 8.12. The summed E-state index contributed by atoms with van der Waals surface area (Å²) in [5, 5.41) is 9.44. The van der Waals surface area contributed by atoms with Gasteiger partial charge in [0.2, 0.25) is 5.91 Å². The highest BCUT2D eigenvalue weighted by Crippen LogP contribution is 2.09. The lowest BCUT2D eigenvalue weighted by atomic mass is 10.1. The van der Waals surface area contributed by atoms with Gasteiger partial charge in [-0.3, -0.25) is 9.79 Å². The molecule has 1 unspecified atom stereocenters. The van der Waals surface area contributed by atoms with Gasteiger partial charge < -0.3 is 25.6 Å². The molecule has 3 N–H and O–H groups in total. The van der Waals surface area contributed by atoms with Crippen LogP contribution in [0.5, 0.6) is 0 Å². The van der Waals surface area contributed by atoms with Crippen LogP contribution in [0, 0.1) is 0 Å². The van der Waals surface area contributed by atoms with Crippen molar-refractivity contribution in [3.05, 3.63) is 0 Å². The number of hydrogen-bond donors (Lipinski definition) is 3. The average Bonchev–Trinajstić information content (AvgIpc) is 2.99. The number of ether oxygens (including phenoxy) is 1. The van der Waals surface area contributed by atoms with Crippen molar-refractivity contribution in [3.8, 4) is 0 Å². The summed E-state index contributed by atoms with van der Waals surface area (Å²) in [5.41, 5.74) is -0.517. The lowest BCUT2D eigenvalue weighted by Gasteiger charge is -2.23. The van der Waals surface area contributed by atoms with Gasteiger partial charge in [-0.15, -0.1) is 0 Å². The molecule has 1 atom stereocenters. The van der Waals surface area contributed by atoms with Gasteiger partial charge in [-0.1, -0.05) is 13.3 Å². The van der Waals surface area contributed by atoms with Crippen LogP contribution in [-0.2, 0) is 9.53 Å². The molecule has 1 aliphatic rings. The Labute approximate surface area is 169 Å². The summed E-state index contributed by atoms with van der Waals surface area (Å²) < 4.78 is 5.34. The van der Waals surface area contributed by atoms with E-state index in [1.807, 2.05) is 32.6 Å². The first-order chi connectivity index (χ1) is 13.2. The molecule has 8 heteroatoms. The van der Waals surface area contributed by atoms with Crippen molar-refractivity contribution < 1.29 is 14.3 Å². The fourth-order valence-electron chi connectivity index (χ4n) is 2.99. The van der Waals surface area contributed by atoms with E-state index in [1.54, 1.807) is 0 Å². The molecule has 0 radical (unpaired) electrons. The Morgan fingerprint density at radius 1 is 1.29 bits per heavy atom. The molecule has 2 amide bonds. The number of carbonyl (C=O) groups excluding carboxylic acids is 2. The van der Waals surface area contributed by atoms with Gasteiger partial charge in [0.15, 0.2) is 5.96 Å². The highest BCUT2D eigenvalue weighted by atomic mass is 16.6. The van der Waals surface area contributed by atoms with E-state index in [0.717, 1.165) is 57.8 Å². The minimum absolute atomic E-state index is 0.0717. The Balaban J connectivity index is 2.46. The molecule has 1 aliphatic heterocycles. The second kappa shape index (κ2) is 12.5. The van der Waals surface area contributed by atoms with Crippen molar-refractivity contribution in [1.29, 1.82) is 0 Å². The van der Waals surface area contributed by atoms with Crippen LogP contribution in [0.1, 0.15) is 66.7 Å². The fraction of sp³-hybridized carbons (Fsp3) is 0.850. The first-order valence-electron chi connectivity index (χ1n) is 10.5. The molecule has 0 bridgehead atoms. The first-order valence-corrected chi connectivity index (χ1v) is 10.5. The number of alkyl carbamates (subject to hydrolysis) is 1. The minimum atomic E-state index is -0.517. The summed E-state index contributed by atoms with van der Waals surface area (Å²) in [6.45, 7) is 13.3. The smallest absolute Gasteiger partial charge is 0.407 e. The largest absolute Gasteiger partial charge is 0.444 e. The Kier molecular flexibility index (Phi) is 10.7. The number of rotatable bonds is 10. The molecule has 1 heterocycles. The third-order valence-corrected chi connectivity index (χ3v) is 4.24. The van der Waals surface area contributed by atoms with Crippen LogP contribution >= 0.6 is 0 Å². The number of aliphatic imine (C=N–C) groups is 1. The molecule has 1 saturated heterocycles. The van der Waals surface area contributed by atoms with Gasteiger partial charge in [0.25, 0.3) is 0 Å². The molecule has 162 valence electrons. The van der Waals surface area contributed by atoms with Gasteiger partial charge in [0.05, 0.1) is 12.6 Å². The Bertz CT molecular complexity index is 516. The van der Waals surface area contributed by atoms with Gasteiger partial charge in [-0.05, 0) is 47.0 Å². The van der Waals surface area contributed by atoms with Crippen molar-refractivity contribution in [2.45, 2.75) is 78.4 Å². The topological polar surface area (TPSA) is 95.1 Å². The molecule has 1 rings (SSSR count). The molecular weight excluding hydrogens is 358 g/mol. The normalized spacial score (nSPS) is 16.1. The summed E-state index contributed by atoms with van der Waals surface area (Å²) in [7, 11) is 0. The SMILES string of the molecule is CCCC(CN=C(NCC)NCCCN1CCCC1=O)NC(=O)OC(C)(C)C. The van der Waals surface area contributed by atoms with Gasteiger partial charge in [-0.2, -0.15) is 0 Å². The number of likely N-dealkylation sites (tertiary alicyclic amines) is 1. The Hall–Kier alpha value is -1.99. The zero-order chi connectivity index (χ0) is 21.0. The number of hydrogen-bond acceptors (Lipinski definition) is 4. The van der Waals surface area contributed by atoms with E-state index in [4.69, 9.17) is 4.74 Å². The van der Waals surface area contributed by atoms with Crippen LogP contribution in [0.3, 0.4) is 0 Å². The van der Waals surface area contributed by atoms with Gasteiger partial charge in [-0.25, -0.2) is 4.79 Å². The van der Waals surface area contributed by atoms with Crippen molar-refractivity contribution in [2.24, 2.45) is 4.99 Å². The third-order valence-electron chi connectivity index (χ3n) is 4.24. The molecule has 0 saturated carbocycles. The monoisotopic (exact) mass is 397 g/mol. The molecular formula is C20H39N5O3. The molecule has 0 spiro atoms. The molecule has 28 heavy (non-hydrogen) atoms. The number of nitrogens with zero attached hydrogens (tertiary/aromatic N) is 2. The van der Waals surface area contributed by atoms with Crippen LogP contribution in [-0.4, -0.2) is 67.2 Å². The maximum Gasteiger partial charge on any atom is 0.407 e. The van der Waals surface area contributed by atoms with Gasteiger partial charge in [0, 0.05) is 32.6 Å². The first kappa shape index (κ1) is 24.0. The van der Waals surface area contributed by atoms with Crippen LogP contribution in [0.15, 0.2) is 4.99 Å². The molecule has 8 nitrogen and oxygen atoms in total. The Morgan fingerprint density at radius 3 is 2.61 bits per heavy atom. The highest BCUT2D eigenvalue weighted by Gasteiger charge is 2.20. The predicted molar refractivity (Wildman–Crippen MR) is 112 cm³/mol. The van der Waals surface area contributed by atoms with E-state index in [1.165, 1.54) is 0 Å². The molecule has 0 aromatic heterocycles. The summed E-state index contributed by atoms with van der Waals surface area (Å²) in [5.74, 6) is 0.985. The maximum atomic E-state index is 12.0. The van der Waals surface area contributed by atoms with Crippen LogP contribution < -0.4 is 16.0 Å². The zero-order valence-corrected chi connectivity index (χ0v) is 18.3. The van der Waals surface area contributed by atoms with Gasteiger partial charge >= 0.3 is 6.09 Å². The quantitative estimate of drug-likeness (QED) is 0.299. The van der Waals surface area contributed by atoms with Crippen LogP contribution in [0.25, 0.3) is 0 Å². The van der Waals surface area contributed by atoms with E-state index in [-0.39, 0.29) is 11.9 Å². The second-order valence-corrected chi connectivity index (χ2v) is 8.12. The van der Waals surface area contributed by atoms with E-state index < -0.39 is 11.7 Å². The van der Waals surface area contributed by atoms with E-state index >= 15 is 0 Å². The summed E-state index contributed by atoms with van der Waals surface area (Å²) in [6.07, 6.45) is 3.91. The predicted octanol–water partition coefficient (Wildman–Crippen LogP) is 2.25. The molecule has 1 fully saturated rings. The van der Waals surface area contributed by atoms with E-state index in [9.17, 15) is 9.59 Å². The lowest BCUT2D eigenvalue weighted by Crippen LogP contribution is -2.43. The molecule has 0 aromatic rings. The summed E-state index contributed by atoms with van der Waals surface area (Å²) >= 11 is 0. The summed E-state index contributed by atoms with van der Waals surface area (Å²) in [6, 6.07) is -0.0717. The van der Waals surface area contributed by atoms with E-state index in [2.05, 4.69) is 27.9 Å². The average molecular weight is 398 g/mol. The van der Waals surface area contributed by atoms with Crippen molar-refractivity contribution in [2.75, 3.05) is 32.7 Å². The third kappa shape index (κ3) is 10.4. The number of carbonyl (C=O) groups is 2. The van der Waals surface area contributed by atoms with Crippen molar-refractivity contribution in [3.63, 3.8) is 0 Å². The van der Waals surface area contributed by atoms with Crippen LogP contribution in [0.4, 0.5) is 4.79 Å². The highest BCUT2D eigenvalue weighted by molar-refractivity contribution is 5.80. The molecule has 0 aliphatic carbocycles. The molecule has 0 aromatic carbocycles. The zero-order valence-electron chi connectivity index (χ0n) is 18.3.